The maximum atomic E-state index is 5.02. The van der Waals surface area contributed by atoms with Crippen molar-refractivity contribution >= 4 is 11.3 Å². The number of nitrogens with one attached hydrogen (secondary N) is 1. The zero-order valence-electron chi connectivity index (χ0n) is 13.0. The molecule has 20 heavy (non-hydrogen) atoms. The zero-order valence-corrected chi connectivity index (χ0v) is 13.9. The van der Waals surface area contributed by atoms with E-state index in [9.17, 15) is 0 Å². The number of hydrogen-bond acceptors (Lipinski definition) is 4. The van der Waals surface area contributed by atoms with Gasteiger partial charge in [0.2, 0.25) is 0 Å². The average molecular weight is 293 g/mol. The normalized spacial score (nSPS) is 26.6. The topological polar surface area (TPSA) is 28.2 Å². The molecule has 1 aliphatic heterocycles. The molecule has 0 spiro atoms. The van der Waals surface area contributed by atoms with Crippen molar-refractivity contribution < 1.29 is 0 Å². The lowest BCUT2D eigenvalue weighted by atomic mass is 9.99. The standard InChI is InChI=1S/C16H27N3S/c1-4-9-17-16(8-10-19(11-16)12(2)3)15-18-13-6-5-7-14(13)20-15/h12,17H,4-11H2,1-3H3. The highest BCUT2D eigenvalue weighted by Gasteiger charge is 2.42. The van der Waals surface area contributed by atoms with Gasteiger partial charge in [-0.2, -0.15) is 0 Å². The first kappa shape index (κ1) is 14.5. The fourth-order valence-corrected chi connectivity index (χ4v) is 4.77. The summed E-state index contributed by atoms with van der Waals surface area (Å²) in [6, 6.07) is 0.632. The van der Waals surface area contributed by atoms with Gasteiger partial charge in [-0.1, -0.05) is 6.92 Å². The smallest absolute Gasteiger partial charge is 0.115 e. The Morgan fingerprint density at radius 3 is 2.90 bits per heavy atom. The third-order valence-electron chi connectivity index (χ3n) is 4.75. The van der Waals surface area contributed by atoms with Crippen molar-refractivity contribution in [2.75, 3.05) is 19.6 Å². The van der Waals surface area contributed by atoms with E-state index in [4.69, 9.17) is 4.98 Å². The Bertz CT molecular complexity index is 447. The van der Waals surface area contributed by atoms with E-state index in [-0.39, 0.29) is 5.54 Å². The second-order valence-electron chi connectivity index (χ2n) is 6.57. The summed E-state index contributed by atoms with van der Waals surface area (Å²) in [5.74, 6) is 0. The average Bonchev–Trinajstić information content (AvgIpc) is 3.09. The molecular weight excluding hydrogens is 266 g/mol. The van der Waals surface area contributed by atoms with Crippen molar-refractivity contribution in [2.24, 2.45) is 0 Å². The quantitative estimate of drug-likeness (QED) is 0.905. The Hall–Kier alpha value is -0.450. The number of likely N-dealkylation sites (tertiary alicyclic amines) is 1. The van der Waals surface area contributed by atoms with Gasteiger partial charge in [-0.25, -0.2) is 4.98 Å². The lowest BCUT2D eigenvalue weighted by Crippen LogP contribution is -2.46. The van der Waals surface area contributed by atoms with Crippen LogP contribution in [-0.2, 0) is 18.4 Å². The van der Waals surface area contributed by atoms with Crippen LogP contribution >= 0.6 is 11.3 Å². The number of nitrogens with zero attached hydrogens (tertiary/aromatic N) is 2. The van der Waals surface area contributed by atoms with Gasteiger partial charge in [-0.15, -0.1) is 11.3 Å². The molecule has 2 aliphatic rings. The molecular formula is C16H27N3S. The van der Waals surface area contributed by atoms with Crippen molar-refractivity contribution in [3.8, 4) is 0 Å². The van der Waals surface area contributed by atoms with E-state index in [0.717, 1.165) is 13.1 Å². The van der Waals surface area contributed by atoms with E-state index in [1.54, 1.807) is 4.88 Å². The number of aromatic nitrogens is 1. The zero-order chi connectivity index (χ0) is 14.2. The molecule has 4 heteroatoms. The minimum Gasteiger partial charge on any atom is -0.304 e. The number of rotatable bonds is 5. The van der Waals surface area contributed by atoms with Gasteiger partial charge in [0, 0.05) is 24.0 Å². The predicted octanol–water partition coefficient (Wildman–Crippen LogP) is 2.94. The number of aryl methyl sites for hydroxylation is 2. The van der Waals surface area contributed by atoms with E-state index in [0.29, 0.717) is 6.04 Å². The van der Waals surface area contributed by atoms with Gasteiger partial charge in [0.05, 0.1) is 11.2 Å². The Morgan fingerprint density at radius 2 is 2.25 bits per heavy atom. The molecule has 3 nitrogen and oxygen atoms in total. The minimum atomic E-state index is 0.120. The Balaban J connectivity index is 1.85. The highest BCUT2D eigenvalue weighted by Crippen LogP contribution is 2.38. The van der Waals surface area contributed by atoms with Crippen LogP contribution < -0.4 is 5.32 Å². The summed E-state index contributed by atoms with van der Waals surface area (Å²) in [6.45, 7) is 10.3. The summed E-state index contributed by atoms with van der Waals surface area (Å²) in [5, 5.41) is 5.20. The fourth-order valence-electron chi connectivity index (χ4n) is 3.43. The van der Waals surface area contributed by atoms with E-state index in [2.05, 4.69) is 31.0 Å². The molecule has 0 radical (unpaired) electrons. The third kappa shape index (κ3) is 2.53. The Labute approximate surface area is 126 Å². The molecule has 0 saturated carbocycles. The van der Waals surface area contributed by atoms with Crippen molar-refractivity contribution in [3.05, 3.63) is 15.6 Å². The van der Waals surface area contributed by atoms with Gasteiger partial charge in [0.15, 0.2) is 0 Å². The van der Waals surface area contributed by atoms with Gasteiger partial charge in [-0.05, 0) is 52.5 Å². The van der Waals surface area contributed by atoms with Crippen molar-refractivity contribution in [3.63, 3.8) is 0 Å². The summed E-state index contributed by atoms with van der Waals surface area (Å²) in [6.07, 6.45) is 6.16. The third-order valence-corrected chi connectivity index (χ3v) is 6.11. The van der Waals surface area contributed by atoms with Crippen LogP contribution in [0.15, 0.2) is 0 Å². The van der Waals surface area contributed by atoms with Crippen molar-refractivity contribution in [2.45, 2.75) is 64.5 Å². The molecule has 1 N–H and O–H groups in total. The van der Waals surface area contributed by atoms with Crippen LogP contribution in [-0.4, -0.2) is 35.6 Å². The molecule has 0 amide bonds. The molecule has 0 aromatic carbocycles. The summed E-state index contributed by atoms with van der Waals surface area (Å²) >= 11 is 1.98. The molecule has 1 aromatic rings. The number of fused-ring (bicyclic) bond motifs is 1. The van der Waals surface area contributed by atoms with Crippen molar-refractivity contribution in [1.29, 1.82) is 0 Å². The van der Waals surface area contributed by atoms with Gasteiger partial charge < -0.3 is 5.32 Å². The molecule has 0 bridgehead atoms. The van der Waals surface area contributed by atoms with Crippen LogP contribution in [0.5, 0.6) is 0 Å². The van der Waals surface area contributed by atoms with E-state index in [1.807, 2.05) is 11.3 Å². The highest BCUT2D eigenvalue weighted by atomic mass is 32.1. The molecule has 1 aromatic heterocycles. The first-order chi connectivity index (χ1) is 9.64. The maximum Gasteiger partial charge on any atom is 0.115 e. The molecule has 1 unspecified atom stereocenters. The molecule has 1 saturated heterocycles. The van der Waals surface area contributed by atoms with Crippen LogP contribution in [0.3, 0.4) is 0 Å². The molecule has 1 fully saturated rings. The van der Waals surface area contributed by atoms with Gasteiger partial charge in [-0.3, -0.25) is 4.90 Å². The van der Waals surface area contributed by atoms with Gasteiger partial charge in [0.25, 0.3) is 0 Å². The predicted molar refractivity (Wildman–Crippen MR) is 85.4 cm³/mol. The summed E-state index contributed by atoms with van der Waals surface area (Å²) < 4.78 is 0. The van der Waals surface area contributed by atoms with Crippen LogP contribution in [0.25, 0.3) is 0 Å². The van der Waals surface area contributed by atoms with E-state index in [1.165, 1.54) is 49.4 Å². The largest absolute Gasteiger partial charge is 0.304 e. The monoisotopic (exact) mass is 293 g/mol. The first-order valence-corrected chi connectivity index (χ1v) is 8.94. The van der Waals surface area contributed by atoms with Gasteiger partial charge >= 0.3 is 0 Å². The lowest BCUT2D eigenvalue weighted by Gasteiger charge is -2.30. The minimum absolute atomic E-state index is 0.120. The van der Waals surface area contributed by atoms with Crippen molar-refractivity contribution in [1.82, 2.24) is 15.2 Å². The van der Waals surface area contributed by atoms with Crippen LogP contribution in [0.4, 0.5) is 0 Å². The first-order valence-electron chi connectivity index (χ1n) is 8.13. The molecule has 3 rings (SSSR count). The fraction of sp³-hybridized carbons (Fsp3) is 0.812. The van der Waals surface area contributed by atoms with E-state index >= 15 is 0 Å². The second-order valence-corrected chi connectivity index (χ2v) is 7.65. The molecule has 1 atom stereocenters. The molecule has 112 valence electrons. The van der Waals surface area contributed by atoms with Crippen LogP contribution in [0, 0.1) is 0 Å². The lowest BCUT2D eigenvalue weighted by molar-refractivity contribution is 0.239. The van der Waals surface area contributed by atoms with Crippen LogP contribution in [0.2, 0.25) is 0 Å². The van der Waals surface area contributed by atoms with Crippen LogP contribution in [0.1, 0.15) is 55.6 Å². The molecule has 2 heterocycles. The number of hydrogen-bond donors (Lipinski definition) is 1. The summed E-state index contributed by atoms with van der Waals surface area (Å²) in [4.78, 5) is 9.17. The maximum absolute atomic E-state index is 5.02. The Kier molecular flexibility index (Phi) is 4.16. The SMILES string of the molecule is CCCNC1(c2nc3c(s2)CCC3)CCN(C(C)C)C1. The second kappa shape index (κ2) is 5.74. The summed E-state index contributed by atoms with van der Waals surface area (Å²) in [5.41, 5.74) is 1.51. The Morgan fingerprint density at radius 1 is 1.40 bits per heavy atom. The van der Waals surface area contributed by atoms with Gasteiger partial charge in [0.1, 0.15) is 5.01 Å². The van der Waals surface area contributed by atoms with E-state index < -0.39 is 0 Å². The summed E-state index contributed by atoms with van der Waals surface area (Å²) in [7, 11) is 0. The number of thiazole rings is 1. The molecule has 1 aliphatic carbocycles. The highest BCUT2D eigenvalue weighted by molar-refractivity contribution is 7.12.